The van der Waals surface area contributed by atoms with Crippen LogP contribution in [-0.2, 0) is 0 Å². The SMILES string of the molecule is C=C/C=N\N(C=C)C(C)C. The zero-order valence-electron chi connectivity index (χ0n) is 6.62. The van der Waals surface area contributed by atoms with Crippen LogP contribution in [0.15, 0.2) is 30.5 Å². The first-order valence-corrected chi connectivity index (χ1v) is 3.28. The smallest absolute Gasteiger partial charge is 0.0468 e. The van der Waals surface area contributed by atoms with Gasteiger partial charge < -0.3 is 0 Å². The van der Waals surface area contributed by atoms with E-state index in [1.54, 1.807) is 23.5 Å². The summed E-state index contributed by atoms with van der Waals surface area (Å²) in [6.45, 7) is 11.2. The minimum atomic E-state index is 0.355. The van der Waals surface area contributed by atoms with Crippen molar-refractivity contribution in [3.63, 3.8) is 0 Å². The molecular formula is C8H14N2. The van der Waals surface area contributed by atoms with E-state index in [2.05, 4.69) is 18.3 Å². The summed E-state index contributed by atoms with van der Waals surface area (Å²) in [7, 11) is 0. The predicted molar refractivity (Wildman–Crippen MR) is 45.9 cm³/mol. The molecule has 0 heterocycles. The molecule has 0 bridgehead atoms. The second-order valence-corrected chi connectivity index (χ2v) is 2.16. The van der Waals surface area contributed by atoms with Crippen LogP contribution in [0.5, 0.6) is 0 Å². The van der Waals surface area contributed by atoms with Gasteiger partial charge in [-0.2, -0.15) is 5.10 Å². The topological polar surface area (TPSA) is 15.6 Å². The summed E-state index contributed by atoms with van der Waals surface area (Å²) in [5.74, 6) is 0. The Hall–Kier alpha value is -1.05. The van der Waals surface area contributed by atoms with Gasteiger partial charge in [-0.3, -0.25) is 5.01 Å². The van der Waals surface area contributed by atoms with Crippen LogP contribution >= 0.6 is 0 Å². The van der Waals surface area contributed by atoms with Crippen LogP contribution in [0.1, 0.15) is 13.8 Å². The van der Waals surface area contributed by atoms with Gasteiger partial charge in [0.05, 0.1) is 0 Å². The van der Waals surface area contributed by atoms with Crippen LogP contribution in [0.4, 0.5) is 0 Å². The third kappa shape index (κ3) is 3.07. The van der Waals surface area contributed by atoms with Crippen molar-refractivity contribution in [1.29, 1.82) is 0 Å². The van der Waals surface area contributed by atoms with Crippen molar-refractivity contribution in [3.8, 4) is 0 Å². The molecule has 0 fully saturated rings. The molecule has 0 aliphatic rings. The molecule has 2 heteroatoms. The lowest BCUT2D eigenvalue weighted by atomic mass is 10.4. The molecule has 0 radical (unpaired) electrons. The largest absolute Gasteiger partial charge is 0.271 e. The Labute approximate surface area is 62.5 Å². The summed E-state index contributed by atoms with van der Waals surface area (Å²) >= 11 is 0. The first kappa shape index (κ1) is 8.95. The fraction of sp³-hybridized carbons (Fsp3) is 0.375. The summed E-state index contributed by atoms with van der Waals surface area (Å²) in [4.78, 5) is 0. The standard InChI is InChI=1S/C8H14N2/c1-5-7-9-10(6-2)8(3)4/h5-8H,1-2H2,3-4H3/b9-7-. The minimum absolute atomic E-state index is 0.355. The molecule has 0 amide bonds. The number of allylic oxidation sites excluding steroid dienone is 1. The number of rotatable bonds is 4. The summed E-state index contributed by atoms with van der Waals surface area (Å²) < 4.78 is 0. The van der Waals surface area contributed by atoms with Crippen LogP contribution in [0, 0.1) is 0 Å². The first-order chi connectivity index (χ1) is 4.72. The molecule has 0 N–H and O–H groups in total. The van der Waals surface area contributed by atoms with E-state index in [1.165, 1.54) is 0 Å². The highest BCUT2D eigenvalue weighted by Crippen LogP contribution is 1.96. The van der Waals surface area contributed by atoms with E-state index in [0.29, 0.717) is 6.04 Å². The lowest BCUT2D eigenvalue weighted by molar-refractivity contribution is 0.330. The molecule has 0 aliphatic carbocycles. The van der Waals surface area contributed by atoms with Gasteiger partial charge in [0, 0.05) is 18.5 Å². The summed E-state index contributed by atoms with van der Waals surface area (Å²) in [6.07, 6.45) is 4.96. The second kappa shape index (κ2) is 4.79. The van der Waals surface area contributed by atoms with Crippen LogP contribution < -0.4 is 0 Å². The second-order valence-electron chi connectivity index (χ2n) is 2.16. The van der Waals surface area contributed by atoms with Crippen molar-refractivity contribution >= 4 is 6.21 Å². The van der Waals surface area contributed by atoms with Crippen molar-refractivity contribution in [2.24, 2.45) is 5.10 Å². The number of hydrogen-bond donors (Lipinski definition) is 0. The van der Waals surface area contributed by atoms with E-state index in [9.17, 15) is 0 Å². The molecule has 0 aliphatic heterocycles. The molecule has 0 unspecified atom stereocenters. The van der Waals surface area contributed by atoms with Gasteiger partial charge in [0.25, 0.3) is 0 Å². The fourth-order valence-electron chi connectivity index (χ4n) is 0.515. The van der Waals surface area contributed by atoms with Gasteiger partial charge in [-0.15, -0.1) is 0 Å². The van der Waals surface area contributed by atoms with Crippen molar-refractivity contribution < 1.29 is 0 Å². The fourth-order valence-corrected chi connectivity index (χ4v) is 0.515. The quantitative estimate of drug-likeness (QED) is 0.428. The summed E-state index contributed by atoms with van der Waals surface area (Å²) in [5.41, 5.74) is 0. The van der Waals surface area contributed by atoms with Crippen molar-refractivity contribution in [3.05, 3.63) is 25.4 Å². The van der Waals surface area contributed by atoms with E-state index in [-0.39, 0.29) is 0 Å². The Balaban J connectivity index is 3.94. The molecule has 0 saturated carbocycles. The van der Waals surface area contributed by atoms with Gasteiger partial charge >= 0.3 is 0 Å². The molecule has 0 rings (SSSR count). The van der Waals surface area contributed by atoms with E-state index >= 15 is 0 Å². The van der Waals surface area contributed by atoms with Gasteiger partial charge in [-0.05, 0) is 19.9 Å². The van der Waals surface area contributed by atoms with Crippen LogP contribution in [0.25, 0.3) is 0 Å². The monoisotopic (exact) mass is 138 g/mol. The maximum absolute atomic E-state index is 4.03. The molecule has 56 valence electrons. The van der Waals surface area contributed by atoms with Gasteiger partial charge in [0.2, 0.25) is 0 Å². The highest BCUT2D eigenvalue weighted by molar-refractivity contribution is 5.69. The maximum Gasteiger partial charge on any atom is 0.0468 e. The van der Waals surface area contributed by atoms with Gasteiger partial charge in [0.15, 0.2) is 0 Å². The predicted octanol–water partition coefficient (Wildman–Crippen LogP) is 2.01. The maximum atomic E-state index is 4.03. The van der Waals surface area contributed by atoms with E-state index < -0.39 is 0 Å². The van der Waals surface area contributed by atoms with Crippen molar-refractivity contribution in [2.75, 3.05) is 0 Å². The normalized spacial score (nSPS) is 10.3. The first-order valence-electron chi connectivity index (χ1n) is 3.28. The van der Waals surface area contributed by atoms with E-state index in [1.807, 2.05) is 13.8 Å². The van der Waals surface area contributed by atoms with Gasteiger partial charge in [-0.25, -0.2) is 0 Å². The average Bonchev–Trinajstić information content (AvgIpc) is 1.89. The van der Waals surface area contributed by atoms with Crippen LogP contribution in [0.3, 0.4) is 0 Å². The molecule has 0 saturated heterocycles. The van der Waals surface area contributed by atoms with Gasteiger partial charge in [-0.1, -0.05) is 13.2 Å². The Morgan fingerprint density at radius 2 is 2.00 bits per heavy atom. The summed E-state index contributed by atoms with van der Waals surface area (Å²) in [5, 5.41) is 5.80. The molecule has 0 aromatic heterocycles. The van der Waals surface area contributed by atoms with Gasteiger partial charge in [0.1, 0.15) is 0 Å². The molecular weight excluding hydrogens is 124 g/mol. The zero-order valence-corrected chi connectivity index (χ0v) is 6.62. The van der Waals surface area contributed by atoms with Crippen LogP contribution in [0.2, 0.25) is 0 Å². The number of hydrogen-bond acceptors (Lipinski definition) is 2. The van der Waals surface area contributed by atoms with E-state index in [4.69, 9.17) is 0 Å². The van der Waals surface area contributed by atoms with Crippen molar-refractivity contribution in [2.45, 2.75) is 19.9 Å². The molecule has 0 aromatic rings. The Kier molecular flexibility index (Phi) is 4.29. The summed E-state index contributed by atoms with van der Waals surface area (Å²) in [6, 6.07) is 0.355. The molecule has 0 atom stereocenters. The van der Waals surface area contributed by atoms with Crippen LogP contribution in [-0.4, -0.2) is 17.3 Å². The third-order valence-corrected chi connectivity index (χ3v) is 1.02. The molecule has 0 aromatic carbocycles. The highest BCUT2D eigenvalue weighted by Gasteiger charge is 1.97. The molecule has 10 heavy (non-hydrogen) atoms. The zero-order chi connectivity index (χ0) is 7.98. The van der Waals surface area contributed by atoms with Crippen molar-refractivity contribution in [1.82, 2.24) is 5.01 Å². The average molecular weight is 138 g/mol. The molecule has 2 nitrogen and oxygen atoms in total. The number of nitrogens with zero attached hydrogens (tertiary/aromatic N) is 2. The lowest BCUT2D eigenvalue weighted by Gasteiger charge is -2.16. The number of hydrazone groups is 1. The third-order valence-electron chi connectivity index (χ3n) is 1.02. The Bertz CT molecular complexity index is 136. The highest BCUT2D eigenvalue weighted by atomic mass is 15.4. The Morgan fingerprint density at radius 1 is 1.40 bits per heavy atom. The van der Waals surface area contributed by atoms with E-state index in [0.717, 1.165) is 0 Å². The minimum Gasteiger partial charge on any atom is -0.271 e. The molecule has 0 spiro atoms. The Morgan fingerprint density at radius 3 is 2.30 bits per heavy atom. The lowest BCUT2D eigenvalue weighted by Crippen LogP contribution is -2.18.